The predicted molar refractivity (Wildman–Crippen MR) is 72.6 cm³/mol. The van der Waals surface area contributed by atoms with E-state index in [1.165, 1.54) is 0 Å². The number of carbonyl (C=O) groups excluding carboxylic acids is 1. The van der Waals surface area contributed by atoms with E-state index in [2.05, 4.69) is 18.7 Å². The van der Waals surface area contributed by atoms with Crippen LogP contribution in [0, 0.1) is 0 Å². The Labute approximate surface area is 109 Å². The molecule has 0 aliphatic rings. The molecule has 0 aliphatic heterocycles. The normalized spacial score (nSPS) is 10.9. The number of ether oxygens (including phenoxy) is 1. The second-order valence-electron chi connectivity index (χ2n) is 4.11. The van der Waals surface area contributed by atoms with E-state index < -0.39 is 0 Å². The van der Waals surface area contributed by atoms with Crippen LogP contribution in [0.25, 0.3) is 0 Å². The standard InChI is InChI=1S/C13H23N3O2/c1-4-15(5-2)7-8-18-13(17)12-9-11(14)10-16(12)6-3/h9-10H,4-8,14H2,1-3H3. The summed E-state index contributed by atoms with van der Waals surface area (Å²) >= 11 is 0. The number of hydrogen-bond acceptors (Lipinski definition) is 4. The Morgan fingerprint density at radius 2 is 2.06 bits per heavy atom. The molecule has 0 saturated heterocycles. The van der Waals surface area contributed by atoms with Crippen LogP contribution in [0.3, 0.4) is 0 Å². The zero-order chi connectivity index (χ0) is 13.5. The molecule has 1 aromatic heterocycles. The van der Waals surface area contributed by atoms with Crippen molar-refractivity contribution in [2.75, 3.05) is 32.0 Å². The Morgan fingerprint density at radius 1 is 1.39 bits per heavy atom. The Hall–Kier alpha value is -1.49. The molecule has 1 heterocycles. The lowest BCUT2D eigenvalue weighted by atomic mass is 10.4. The van der Waals surface area contributed by atoms with Gasteiger partial charge in [-0.1, -0.05) is 13.8 Å². The van der Waals surface area contributed by atoms with E-state index in [0.717, 1.165) is 19.6 Å². The quantitative estimate of drug-likeness (QED) is 0.750. The van der Waals surface area contributed by atoms with Crippen LogP contribution in [0.2, 0.25) is 0 Å². The minimum absolute atomic E-state index is 0.305. The molecule has 5 heteroatoms. The van der Waals surface area contributed by atoms with Gasteiger partial charge >= 0.3 is 5.97 Å². The van der Waals surface area contributed by atoms with Gasteiger partial charge in [0.15, 0.2) is 0 Å². The van der Waals surface area contributed by atoms with Crippen LogP contribution in [0.1, 0.15) is 31.3 Å². The molecule has 0 amide bonds. The maximum absolute atomic E-state index is 11.9. The molecule has 102 valence electrons. The van der Waals surface area contributed by atoms with Crippen molar-refractivity contribution in [3.05, 3.63) is 18.0 Å². The molecule has 18 heavy (non-hydrogen) atoms. The first-order valence-electron chi connectivity index (χ1n) is 6.47. The van der Waals surface area contributed by atoms with E-state index in [9.17, 15) is 4.79 Å². The van der Waals surface area contributed by atoms with Crippen LogP contribution in [0.5, 0.6) is 0 Å². The molecular weight excluding hydrogens is 230 g/mol. The van der Waals surface area contributed by atoms with Crippen LogP contribution in [0.4, 0.5) is 5.69 Å². The smallest absolute Gasteiger partial charge is 0.355 e. The highest BCUT2D eigenvalue weighted by Crippen LogP contribution is 2.11. The van der Waals surface area contributed by atoms with Gasteiger partial charge in [0.1, 0.15) is 12.3 Å². The van der Waals surface area contributed by atoms with Gasteiger partial charge in [-0.2, -0.15) is 0 Å². The van der Waals surface area contributed by atoms with Crippen LogP contribution in [-0.4, -0.2) is 41.7 Å². The highest BCUT2D eigenvalue weighted by molar-refractivity contribution is 5.89. The van der Waals surface area contributed by atoms with Gasteiger partial charge < -0.3 is 19.9 Å². The van der Waals surface area contributed by atoms with E-state index >= 15 is 0 Å². The average Bonchev–Trinajstić information content (AvgIpc) is 2.75. The van der Waals surface area contributed by atoms with Crippen molar-refractivity contribution < 1.29 is 9.53 Å². The molecule has 1 rings (SSSR count). The second kappa shape index (κ2) is 7.06. The number of esters is 1. The summed E-state index contributed by atoms with van der Waals surface area (Å²) in [6, 6.07) is 1.66. The predicted octanol–water partition coefficient (Wildman–Crippen LogP) is 1.59. The SMILES string of the molecule is CCN(CC)CCOC(=O)c1cc(N)cn1CC. The van der Waals surface area contributed by atoms with Gasteiger partial charge in [-0.3, -0.25) is 0 Å². The third kappa shape index (κ3) is 3.77. The van der Waals surface area contributed by atoms with Crippen molar-refractivity contribution in [2.45, 2.75) is 27.3 Å². The van der Waals surface area contributed by atoms with Crippen molar-refractivity contribution >= 4 is 11.7 Å². The number of aryl methyl sites for hydroxylation is 1. The van der Waals surface area contributed by atoms with Crippen molar-refractivity contribution in [3.63, 3.8) is 0 Å². The van der Waals surface area contributed by atoms with E-state index in [-0.39, 0.29) is 5.97 Å². The molecule has 0 aromatic carbocycles. The molecule has 0 saturated carbocycles. The van der Waals surface area contributed by atoms with Crippen molar-refractivity contribution in [1.82, 2.24) is 9.47 Å². The van der Waals surface area contributed by atoms with Crippen LogP contribution in [-0.2, 0) is 11.3 Å². The summed E-state index contributed by atoms with van der Waals surface area (Å²) in [5.41, 5.74) is 6.79. The van der Waals surface area contributed by atoms with Crippen molar-refractivity contribution in [1.29, 1.82) is 0 Å². The van der Waals surface area contributed by atoms with Crippen LogP contribution < -0.4 is 5.73 Å². The Balaban J connectivity index is 2.50. The van der Waals surface area contributed by atoms with Crippen molar-refractivity contribution in [3.8, 4) is 0 Å². The summed E-state index contributed by atoms with van der Waals surface area (Å²) in [5, 5.41) is 0. The van der Waals surface area contributed by atoms with E-state index in [1.54, 1.807) is 16.8 Å². The van der Waals surface area contributed by atoms with Gasteiger partial charge in [-0.05, 0) is 26.1 Å². The number of nitrogens with two attached hydrogens (primary N) is 1. The fourth-order valence-corrected chi connectivity index (χ4v) is 1.85. The molecule has 0 spiro atoms. The second-order valence-corrected chi connectivity index (χ2v) is 4.11. The lowest BCUT2D eigenvalue weighted by molar-refractivity contribution is 0.0454. The summed E-state index contributed by atoms with van der Waals surface area (Å²) < 4.78 is 7.06. The zero-order valence-electron chi connectivity index (χ0n) is 11.5. The van der Waals surface area contributed by atoms with E-state index in [0.29, 0.717) is 24.5 Å². The minimum Gasteiger partial charge on any atom is -0.460 e. The van der Waals surface area contributed by atoms with Gasteiger partial charge in [-0.25, -0.2) is 4.79 Å². The average molecular weight is 253 g/mol. The number of nitrogens with zero attached hydrogens (tertiary/aromatic N) is 2. The van der Waals surface area contributed by atoms with Gasteiger partial charge in [0, 0.05) is 19.3 Å². The molecule has 2 N–H and O–H groups in total. The summed E-state index contributed by atoms with van der Waals surface area (Å²) in [7, 11) is 0. The highest BCUT2D eigenvalue weighted by Gasteiger charge is 2.13. The zero-order valence-corrected chi connectivity index (χ0v) is 11.5. The first-order valence-corrected chi connectivity index (χ1v) is 6.47. The molecule has 0 aliphatic carbocycles. The molecule has 0 radical (unpaired) electrons. The van der Waals surface area contributed by atoms with Crippen LogP contribution in [0.15, 0.2) is 12.3 Å². The fraction of sp³-hybridized carbons (Fsp3) is 0.615. The summed E-state index contributed by atoms with van der Waals surface area (Å²) in [4.78, 5) is 14.1. The van der Waals surface area contributed by atoms with E-state index in [4.69, 9.17) is 10.5 Å². The van der Waals surface area contributed by atoms with Crippen molar-refractivity contribution in [2.24, 2.45) is 0 Å². The Bertz CT molecular complexity index is 384. The third-order valence-electron chi connectivity index (χ3n) is 3.00. The monoisotopic (exact) mass is 253 g/mol. The number of likely N-dealkylation sites (N-methyl/N-ethyl adjacent to an activating group) is 1. The highest BCUT2D eigenvalue weighted by atomic mass is 16.5. The lowest BCUT2D eigenvalue weighted by Gasteiger charge is -2.17. The largest absolute Gasteiger partial charge is 0.460 e. The molecule has 1 aromatic rings. The third-order valence-corrected chi connectivity index (χ3v) is 3.00. The van der Waals surface area contributed by atoms with Gasteiger partial charge in [0.25, 0.3) is 0 Å². The van der Waals surface area contributed by atoms with Gasteiger partial charge in [0.2, 0.25) is 0 Å². The molecule has 5 nitrogen and oxygen atoms in total. The lowest BCUT2D eigenvalue weighted by Crippen LogP contribution is -2.28. The van der Waals surface area contributed by atoms with E-state index in [1.807, 2.05) is 6.92 Å². The van der Waals surface area contributed by atoms with Gasteiger partial charge in [-0.15, -0.1) is 0 Å². The number of aromatic nitrogens is 1. The molecular formula is C13H23N3O2. The Kier molecular flexibility index (Phi) is 5.71. The molecule has 0 unspecified atom stereocenters. The number of nitrogen functional groups attached to an aromatic ring is 1. The van der Waals surface area contributed by atoms with Crippen LogP contribution >= 0.6 is 0 Å². The first kappa shape index (κ1) is 14.6. The summed E-state index contributed by atoms with van der Waals surface area (Å²) in [6.07, 6.45) is 1.75. The fourth-order valence-electron chi connectivity index (χ4n) is 1.85. The Morgan fingerprint density at radius 3 is 2.61 bits per heavy atom. The first-order chi connectivity index (χ1) is 8.62. The minimum atomic E-state index is -0.305. The number of carbonyl (C=O) groups is 1. The number of hydrogen-bond donors (Lipinski definition) is 1. The maximum Gasteiger partial charge on any atom is 0.355 e. The molecule has 0 fully saturated rings. The molecule has 0 atom stereocenters. The summed E-state index contributed by atoms with van der Waals surface area (Å²) in [5.74, 6) is -0.305. The molecule has 0 bridgehead atoms. The number of anilines is 1. The van der Waals surface area contributed by atoms with Gasteiger partial charge in [0.05, 0.1) is 5.69 Å². The maximum atomic E-state index is 11.9. The number of rotatable bonds is 7. The summed E-state index contributed by atoms with van der Waals surface area (Å²) in [6.45, 7) is 9.96. The topological polar surface area (TPSA) is 60.5 Å².